The summed E-state index contributed by atoms with van der Waals surface area (Å²) in [6, 6.07) is 4.97. The molecule has 0 saturated carbocycles. The fourth-order valence-corrected chi connectivity index (χ4v) is 3.38. The molecule has 6 heteroatoms. The molecule has 0 radical (unpaired) electrons. The number of nitrogens with zero attached hydrogens (tertiary/aromatic N) is 1. The van der Waals surface area contributed by atoms with Crippen LogP contribution < -0.4 is 5.32 Å². The Balaban J connectivity index is 1.91. The Hall–Kier alpha value is -1.14. The Morgan fingerprint density at radius 3 is 2.78 bits per heavy atom. The normalized spacial score (nSPS) is 19.7. The van der Waals surface area contributed by atoms with E-state index in [9.17, 15) is 9.18 Å². The van der Waals surface area contributed by atoms with Crippen LogP contribution in [0.3, 0.4) is 0 Å². The van der Waals surface area contributed by atoms with Crippen molar-refractivity contribution in [2.24, 2.45) is 0 Å². The second-order valence-corrected chi connectivity index (χ2v) is 7.82. The van der Waals surface area contributed by atoms with Gasteiger partial charge in [-0.2, -0.15) is 0 Å². The first-order valence-electron chi connectivity index (χ1n) is 7.84. The number of hydrogen-bond acceptors (Lipinski definition) is 3. The van der Waals surface area contributed by atoms with E-state index in [1.165, 1.54) is 12.1 Å². The summed E-state index contributed by atoms with van der Waals surface area (Å²) < 4.78 is 19.3. The fraction of sp³-hybridized carbons (Fsp3) is 0.588. The number of nitrogens with one attached hydrogen (secondary N) is 1. The first kappa shape index (κ1) is 18.2. The fourth-order valence-electron chi connectivity index (χ4n) is 2.68. The standard InChI is InChI=1S/C17H24BrFN2O2/c1-11(14-6-5-12(19)9-15(14)18)20-13-7-8-21(10-13)16(22)23-17(2,3)4/h5-6,9,11,13,20H,7-8,10H2,1-4H3. The molecule has 0 aromatic heterocycles. The molecule has 2 atom stereocenters. The molecule has 1 saturated heterocycles. The van der Waals surface area contributed by atoms with Crippen LogP contribution in [0.1, 0.15) is 45.7 Å². The van der Waals surface area contributed by atoms with Crippen LogP contribution in [0.15, 0.2) is 22.7 Å². The number of halogens is 2. The van der Waals surface area contributed by atoms with Crippen molar-refractivity contribution in [2.75, 3.05) is 13.1 Å². The number of carbonyl (C=O) groups is 1. The lowest BCUT2D eigenvalue weighted by atomic mass is 10.1. The van der Waals surface area contributed by atoms with Crippen molar-refractivity contribution < 1.29 is 13.9 Å². The third-order valence-electron chi connectivity index (χ3n) is 3.75. The lowest BCUT2D eigenvalue weighted by Gasteiger charge is -2.25. The average molecular weight is 387 g/mol. The minimum absolute atomic E-state index is 0.0635. The van der Waals surface area contributed by atoms with Crippen molar-refractivity contribution in [3.63, 3.8) is 0 Å². The first-order chi connectivity index (χ1) is 10.7. The summed E-state index contributed by atoms with van der Waals surface area (Å²) in [4.78, 5) is 13.8. The molecule has 23 heavy (non-hydrogen) atoms. The second kappa shape index (κ2) is 7.18. The highest BCUT2D eigenvalue weighted by atomic mass is 79.9. The summed E-state index contributed by atoms with van der Waals surface area (Å²) in [6.07, 6.45) is 0.611. The van der Waals surface area contributed by atoms with E-state index in [1.807, 2.05) is 27.7 Å². The SMILES string of the molecule is CC(NC1CCN(C(=O)OC(C)(C)C)C1)c1ccc(F)cc1Br. The van der Waals surface area contributed by atoms with E-state index in [0.717, 1.165) is 16.5 Å². The van der Waals surface area contributed by atoms with Crippen LogP contribution in [-0.4, -0.2) is 35.7 Å². The Labute approximate surface area is 145 Å². The first-order valence-corrected chi connectivity index (χ1v) is 8.64. The van der Waals surface area contributed by atoms with Crippen molar-refractivity contribution in [3.05, 3.63) is 34.1 Å². The molecule has 0 spiro atoms. The highest BCUT2D eigenvalue weighted by Crippen LogP contribution is 2.25. The predicted molar refractivity (Wildman–Crippen MR) is 91.9 cm³/mol. The molecule has 4 nitrogen and oxygen atoms in total. The van der Waals surface area contributed by atoms with Crippen LogP contribution in [0.4, 0.5) is 9.18 Å². The molecule has 1 aromatic rings. The second-order valence-electron chi connectivity index (χ2n) is 6.97. The molecule has 1 heterocycles. The zero-order valence-corrected chi connectivity index (χ0v) is 15.6. The van der Waals surface area contributed by atoms with Crippen molar-refractivity contribution in [3.8, 4) is 0 Å². The number of ether oxygens (including phenoxy) is 1. The quantitative estimate of drug-likeness (QED) is 0.843. The molecule has 0 aliphatic carbocycles. The molecule has 1 N–H and O–H groups in total. The smallest absolute Gasteiger partial charge is 0.410 e. The third kappa shape index (κ3) is 5.18. The lowest BCUT2D eigenvalue weighted by molar-refractivity contribution is 0.0290. The minimum Gasteiger partial charge on any atom is -0.444 e. The van der Waals surface area contributed by atoms with Crippen LogP contribution in [0.5, 0.6) is 0 Å². The van der Waals surface area contributed by atoms with Gasteiger partial charge in [-0.15, -0.1) is 0 Å². The molecule has 1 amide bonds. The summed E-state index contributed by atoms with van der Waals surface area (Å²) in [5, 5.41) is 3.50. The van der Waals surface area contributed by atoms with Gasteiger partial charge in [0.05, 0.1) is 0 Å². The van der Waals surface area contributed by atoms with Gasteiger partial charge in [-0.25, -0.2) is 9.18 Å². The predicted octanol–water partition coefficient (Wildman–Crippen LogP) is 4.25. The Kier molecular flexibility index (Phi) is 5.68. The Bertz CT molecular complexity index is 574. The number of likely N-dealkylation sites (tertiary alicyclic amines) is 1. The van der Waals surface area contributed by atoms with Crippen LogP contribution in [0, 0.1) is 5.82 Å². The van der Waals surface area contributed by atoms with E-state index < -0.39 is 5.60 Å². The summed E-state index contributed by atoms with van der Waals surface area (Å²) >= 11 is 3.40. The van der Waals surface area contributed by atoms with Crippen molar-refractivity contribution >= 4 is 22.0 Å². The van der Waals surface area contributed by atoms with E-state index in [2.05, 4.69) is 21.2 Å². The Morgan fingerprint density at radius 1 is 1.48 bits per heavy atom. The summed E-state index contributed by atoms with van der Waals surface area (Å²) in [7, 11) is 0. The number of carbonyl (C=O) groups excluding carboxylic acids is 1. The molecule has 128 valence electrons. The summed E-state index contributed by atoms with van der Waals surface area (Å²) in [6.45, 7) is 8.94. The van der Waals surface area contributed by atoms with Crippen molar-refractivity contribution in [1.82, 2.24) is 10.2 Å². The number of hydrogen-bond donors (Lipinski definition) is 1. The maximum Gasteiger partial charge on any atom is 0.410 e. The summed E-state index contributed by atoms with van der Waals surface area (Å²) in [5.41, 5.74) is 0.525. The largest absolute Gasteiger partial charge is 0.444 e. The average Bonchev–Trinajstić information content (AvgIpc) is 2.85. The van der Waals surface area contributed by atoms with E-state index >= 15 is 0 Å². The molecule has 1 aliphatic heterocycles. The van der Waals surface area contributed by atoms with Gasteiger partial charge in [-0.3, -0.25) is 0 Å². The zero-order chi connectivity index (χ0) is 17.2. The van der Waals surface area contributed by atoms with Crippen LogP contribution in [0.25, 0.3) is 0 Å². The Morgan fingerprint density at radius 2 is 2.17 bits per heavy atom. The minimum atomic E-state index is -0.477. The van der Waals surface area contributed by atoms with Gasteiger partial charge >= 0.3 is 6.09 Å². The molecule has 1 aromatic carbocycles. The molecular formula is C17H24BrFN2O2. The van der Waals surface area contributed by atoms with Gasteiger partial charge in [0.2, 0.25) is 0 Å². The molecule has 1 fully saturated rings. The van der Waals surface area contributed by atoms with Crippen LogP contribution in [0.2, 0.25) is 0 Å². The van der Waals surface area contributed by atoms with Gasteiger partial charge in [0.1, 0.15) is 11.4 Å². The van der Waals surface area contributed by atoms with E-state index in [4.69, 9.17) is 4.74 Å². The highest BCUT2D eigenvalue weighted by Gasteiger charge is 2.30. The number of rotatable bonds is 3. The van der Waals surface area contributed by atoms with Crippen molar-refractivity contribution in [2.45, 2.75) is 51.8 Å². The van der Waals surface area contributed by atoms with Gasteiger partial charge in [0.25, 0.3) is 0 Å². The van der Waals surface area contributed by atoms with E-state index in [-0.39, 0.29) is 24.0 Å². The van der Waals surface area contributed by atoms with Gasteiger partial charge in [0.15, 0.2) is 0 Å². The van der Waals surface area contributed by atoms with Gasteiger partial charge in [-0.1, -0.05) is 22.0 Å². The molecule has 1 aliphatic rings. The number of benzene rings is 1. The molecule has 2 unspecified atom stereocenters. The van der Waals surface area contributed by atoms with E-state index in [0.29, 0.717) is 13.1 Å². The van der Waals surface area contributed by atoms with Crippen molar-refractivity contribution in [1.29, 1.82) is 0 Å². The van der Waals surface area contributed by atoms with Gasteiger partial charge < -0.3 is 15.0 Å². The monoisotopic (exact) mass is 386 g/mol. The topological polar surface area (TPSA) is 41.6 Å². The molecule has 0 bridgehead atoms. The number of amides is 1. The lowest BCUT2D eigenvalue weighted by Crippen LogP contribution is -2.39. The third-order valence-corrected chi connectivity index (χ3v) is 4.44. The van der Waals surface area contributed by atoms with Crippen LogP contribution in [-0.2, 0) is 4.74 Å². The van der Waals surface area contributed by atoms with Gasteiger partial charge in [-0.05, 0) is 51.8 Å². The maximum absolute atomic E-state index is 13.2. The van der Waals surface area contributed by atoms with Crippen LogP contribution >= 0.6 is 15.9 Å². The summed E-state index contributed by atoms with van der Waals surface area (Å²) in [5.74, 6) is -0.259. The van der Waals surface area contributed by atoms with Gasteiger partial charge in [0, 0.05) is 29.6 Å². The highest BCUT2D eigenvalue weighted by molar-refractivity contribution is 9.10. The molecule has 2 rings (SSSR count). The van der Waals surface area contributed by atoms with E-state index in [1.54, 1.807) is 11.0 Å². The zero-order valence-electron chi connectivity index (χ0n) is 14.0. The molecular weight excluding hydrogens is 363 g/mol. The maximum atomic E-state index is 13.2.